The quantitative estimate of drug-likeness (QED) is 0.769. The van der Waals surface area contributed by atoms with Crippen molar-refractivity contribution in [1.29, 1.82) is 0 Å². The molecule has 1 aliphatic rings. The van der Waals surface area contributed by atoms with Crippen molar-refractivity contribution in [2.75, 3.05) is 13.2 Å². The third-order valence-electron chi connectivity index (χ3n) is 2.52. The second kappa shape index (κ2) is 4.53. The standard InChI is InChI=1S/C11H16N2O/c12-7-11(14-8-9-1-2-9)10-3-5-13-6-4-10/h3-6,9,11H,1-2,7-8,12H2. The Bertz CT molecular complexity index is 272. The molecule has 0 spiro atoms. The van der Waals surface area contributed by atoms with Crippen LogP contribution >= 0.6 is 0 Å². The molecule has 0 radical (unpaired) electrons. The summed E-state index contributed by atoms with van der Waals surface area (Å²) in [5.41, 5.74) is 6.79. The van der Waals surface area contributed by atoms with Gasteiger partial charge in [-0.2, -0.15) is 0 Å². The van der Waals surface area contributed by atoms with E-state index >= 15 is 0 Å². The van der Waals surface area contributed by atoms with Crippen LogP contribution in [0.1, 0.15) is 24.5 Å². The predicted molar refractivity (Wildman–Crippen MR) is 54.7 cm³/mol. The summed E-state index contributed by atoms with van der Waals surface area (Å²) in [5.74, 6) is 0.783. The van der Waals surface area contributed by atoms with E-state index in [1.807, 2.05) is 12.1 Å². The van der Waals surface area contributed by atoms with E-state index in [-0.39, 0.29) is 6.10 Å². The van der Waals surface area contributed by atoms with Crippen LogP contribution in [0.5, 0.6) is 0 Å². The normalized spacial score (nSPS) is 18.1. The Hall–Kier alpha value is -0.930. The highest BCUT2D eigenvalue weighted by molar-refractivity contribution is 5.13. The van der Waals surface area contributed by atoms with E-state index in [4.69, 9.17) is 10.5 Å². The number of aromatic nitrogens is 1. The maximum Gasteiger partial charge on any atom is 0.0948 e. The van der Waals surface area contributed by atoms with Crippen molar-refractivity contribution in [3.05, 3.63) is 30.1 Å². The SMILES string of the molecule is NCC(OCC1CC1)c1ccncc1. The molecule has 1 fully saturated rings. The number of nitrogens with two attached hydrogens (primary N) is 1. The molecule has 0 aromatic carbocycles. The number of rotatable bonds is 5. The Kier molecular flexibility index (Phi) is 3.11. The van der Waals surface area contributed by atoms with Gasteiger partial charge in [-0.3, -0.25) is 4.98 Å². The number of nitrogens with zero attached hydrogens (tertiary/aromatic N) is 1. The molecule has 0 saturated heterocycles. The molecule has 1 saturated carbocycles. The van der Waals surface area contributed by atoms with E-state index < -0.39 is 0 Å². The summed E-state index contributed by atoms with van der Waals surface area (Å²) < 4.78 is 5.75. The predicted octanol–water partition coefficient (Wildman–Crippen LogP) is 1.51. The van der Waals surface area contributed by atoms with E-state index in [0.29, 0.717) is 6.54 Å². The van der Waals surface area contributed by atoms with E-state index in [1.165, 1.54) is 12.8 Å². The number of pyridine rings is 1. The molecule has 1 heterocycles. The molecule has 2 rings (SSSR count). The van der Waals surface area contributed by atoms with Gasteiger partial charge >= 0.3 is 0 Å². The van der Waals surface area contributed by atoms with Gasteiger partial charge in [-0.1, -0.05) is 0 Å². The Morgan fingerprint density at radius 1 is 1.43 bits per heavy atom. The van der Waals surface area contributed by atoms with E-state index in [0.717, 1.165) is 18.1 Å². The first-order valence-corrected chi connectivity index (χ1v) is 5.11. The van der Waals surface area contributed by atoms with E-state index in [9.17, 15) is 0 Å². The molecule has 3 nitrogen and oxygen atoms in total. The first-order chi connectivity index (χ1) is 6.90. The maximum absolute atomic E-state index is 5.75. The van der Waals surface area contributed by atoms with Crippen LogP contribution in [0.3, 0.4) is 0 Å². The molecule has 1 aromatic heterocycles. The molecule has 0 aliphatic heterocycles. The zero-order valence-electron chi connectivity index (χ0n) is 8.23. The van der Waals surface area contributed by atoms with Crippen molar-refractivity contribution in [1.82, 2.24) is 4.98 Å². The Balaban J connectivity index is 1.90. The minimum atomic E-state index is 0.0404. The van der Waals surface area contributed by atoms with Gasteiger partial charge in [0.05, 0.1) is 12.7 Å². The van der Waals surface area contributed by atoms with Crippen LogP contribution in [0, 0.1) is 5.92 Å². The first kappa shape index (κ1) is 9.62. The van der Waals surface area contributed by atoms with Crippen LogP contribution in [0.15, 0.2) is 24.5 Å². The van der Waals surface area contributed by atoms with Gasteiger partial charge in [0, 0.05) is 18.9 Å². The smallest absolute Gasteiger partial charge is 0.0948 e. The largest absolute Gasteiger partial charge is 0.372 e. The van der Waals surface area contributed by atoms with Gasteiger partial charge in [-0.15, -0.1) is 0 Å². The van der Waals surface area contributed by atoms with Gasteiger partial charge in [-0.05, 0) is 36.5 Å². The molecular weight excluding hydrogens is 176 g/mol. The van der Waals surface area contributed by atoms with Crippen molar-refractivity contribution in [3.8, 4) is 0 Å². The van der Waals surface area contributed by atoms with Gasteiger partial charge in [0.15, 0.2) is 0 Å². The molecular formula is C11H16N2O. The molecule has 76 valence electrons. The Morgan fingerprint density at radius 3 is 2.71 bits per heavy atom. The second-order valence-corrected chi connectivity index (χ2v) is 3.78. The van der Waals surface area contributed by atoms with Crippen LogP contribution in [0.25, 0.3) is 0 Å². The van der Waals surface area contributed by atoms with Crippen LogP contribution in [0.2, 0.25) is 0 Å². The fourth-order valence-electron chi connectivity index (χ4n) is 1.42. The van der Waals surface area contributed by atoms with Crippen molar-refractivity contribution in [2.24, 2.45) is 11.7 Å². The summed E-state index contributed by atoms with van der Waals surface area (Å²) in [4.78, 5) is 3.97. The lowest BCUT2D eigenvalue weighted by Gasteiger charge is -2.15. The molecule has 14 heavy (non-hydrogen) atoms. The third kappa shape index (κ3) is 2.53. The van der Waals surface area contributed by atoms with Gasteiger partial charge < -0.3 is 10.5 Å². The van der Waals surface area contributed by atoms with Crippen molar-refractivity contribution in [2.45, 2.75) is 18.9 Å². The Labute approximate surface area is 84.3 Å². The highest BCUT2D eigenvalue weighted by Gasteiger charge is 2.23. The average Bonchev–Trinajstić information content (AvgIpc) is 3.04. The molecule has 1 unspecified atom stereocenters. The minimum Gasteiger partial charge on any atom is -0.372 e. The number of hydrogen-bond acceptors (Lipinski definition) is 3. The average molecular weight is 192 g/mol. The number of hydrogen-bond donors (Lipinski definition) is 1. The summed E-state index contributed by atoms with van der Waals surface area (Å²) in [7, 11) is 0. The first-order valence-electron chi connectivity index (χ1n) is 5.11. The monoisotopic (exact) mass is 192 g/mol. The van der Waals surface area contributed by atoms with Gasteiger partial charge in [0.25, 0.3) is 0 Å². The van der Waals surface area contributed by atoms with Gasteiger partial charge in [0.1, 0.15) is 0 Å². The molecule has 2 N–H and O–H groups in total. The summed E-state index contributed by atoms with van der Waals surface area (Å²) >= 11 is 0. The minimum absolute atomic E-state index is 0.0404. The summed E-state index contributed by atoms with van der Waals surface area (Å²) in [5, 5.41) is 0. The lowest BCUT2D eigenvalue weighted by molar-refractivity contribution is 0.0510. The molecule has 1 atom stereocenters. The Morgan fingerprint density at radius 2 is 2.14 bits per heavy atom. The molecule has 0 bridgehead atoms. The zero-order valence-corrected chi connectivity index (χ0v) is 8.23. The number of ether oxygens (including phenoxy) is 1. The molecule has 1 aromatic rings. The van der Waals surface area contributed by atoms with Crippen molar-refractivity contribution < 1.29 is 4.74 Å². The second-order valence-electron chi connectivity index (χ2n) is 3.78. The molecule has 0 amide bonds. The van der Waals surface area contributed by atoms with Crippen molar-refractivity contribution in [3.63, 3.8) is 0 Å². The highest BCUT2D eigenvalue weighted by atomic mass is 16.5. The topological polar surface area (TPSA) is 48.1 Å². The van der Waals surface area contributed by atoms with Crippen LogP contribution in [0.4, 0.5) is 0 Å². The lowest BCUT2D eigenvalue weighted by Crippen LogP contribution is -2.17. The fraction of sp³-hybridized carbons (Fsp3) is 0.545. The van der Waals surface area contributed by atoms with Crippen molar-refractivity contribution >= 4 is 0 Å². The van der Waals surface area contributed by atoms with Crippen LogP contribution < -0.4 is 5.73 Å². The highest BCUT2D eigenvalue weighted by Crippen LogP contribution is 2.30. The lowest BCUT2D eigenvalue weighted by atomic mass is 10.1. The molecule has 1 aliphatic carbocycles. The summed E-state index contributed by atoms with van der Waals surface area (Å²) in [6.45, 7) is 1.39. The summed E-state index contributed by atoms with van der Waals surface area (Å²) in [6.07, 6.45) is 6.22. The van der Waals surface area contributed by atoms with E-state index in [2.05, 4.69) is 4.98 Å². The fourth-order valence-corrected chi connectivity index (χ4v) is 1.42. The third-order valence-corrected chi connectivity index (χ3v) is 2.52. The van der Waals surface area contributed by atoms with E-state index in [1.54, 1.807) is 12.4 Å². The van der Waals surface area contributed by atoms with Crippen LogP contribution in [-0.2, 0) is 4.74 Å². The summed E-state index contributed by atoms with van der Waals surface area (Å²) in [6, 6.07) is 3.93. The van der Waals surface area contributed by atoms with Crippen LogP contribution in [-0.4, -0.2) is 18.1 Å². The van der Waals surface area contributed by atoms with Gasteiger partial charge in [-0.25, -0.2) is 0 Å². The van der Waals surface area contributed by atoms with Gasteiger partial charge in [0.2, 0.25) is 0 Å². The maximum atomic E-state index is 5.75. The zero-order chi connectivity index (χ0) is 9.80. The molecule has 3 heteroatoms.